The summed E-state index contributed by atoms with van der Waals surface area (Å²) in [4.78, 5) is 19.9. The molecule has 1 aromatic rings. The smallest absolute Gasteiger partial charge is 0.576 e. The average molecular weight is 178 g/mol. The minimum absolute atomic E-state index is 0. The molecule has 0 radical (unpaired) electrons. The van der Waals surface area contributed by atoms with E-state index in [2.05, 4.69) is 4.42 Å². The van der Waals surface area contributed by atoms with Gasteiger partial charge in [-0.1, -0.05) is 0 Å². The minimum Gasteiger partial charge on any atom is -0.576 e. The molecule has 0 aliphatic rings. The quantitative estimate of drug-likeness (QED) is 0.357. The molecule has 5 heteroatoms. The number of carbonyl (C=O) groups excluding carboxylic acids is 2. The van der Waals surface area contributed by atoms with Crippen LogP contribution in [-0.2, 0) is 0 Å². The monoisotopic (exact) mass is 178 g/mol. The van der Waals surface area contributed by atoms with E-state index in [4.69, 9.17) is 0 Å². The van der Waals surface area contributed by atoms with E-state index in [-0.39, 0.29) is 62.7 Å². The molecule has 1 rings (SSSR count). The van der Waals surface area contributed by atoms with Crippen LogP contribution in [0.4, 0.5) is 0 Å². The molecule has 0 spiro atoms. The first-order chi connectivity index (χ1) is 4.77. The van der Waals surface area contributed by atoms with Gasteiger partial charge in [0, 0.05) is 5.56 Å². The van der Waals surface area contributed by atoms with Gasteiger partial charge in [-0.25, -0.2) is 0 Å². The molecule has 0 aliphatic heterocycles. The van der Waals surface area contributed by atoms with E-state index >= 15 is 0 Å². The maximum absolute atomic E-state index is 10.5. The minimum atomic E-state index is -0.767. The van der Waals surface area contributed by atoms with E-state index < -0.39 is 5.95 Å². The Bertz CT molecular complexity index is 266. The first kappa shape index (κ1) is 11.1. The van der Waals surface area contributed by atoms with Crippen LogP contribution < -0.4 is 56.5 Å². The van der Waals surface area contributed by atoms with Gasteiger partial charge in [-0.15, -0.1) is 0 Å². The van der Waals surface area contributed by atoms with Gasteiger partial charge < -0.3 is 9.52 Å². The maximum Gasteiger partial charge on any atom is 1.00 e. The summed E-state index contributed by atoms with van der Waals surface area (Å²) in [7, 11) is 0. The van der Waals surface area contributed by atoms with Crippen molar-refractivity contribution in [3.05, 3.63) is 17.4 Å². The first-order valence-corrected chi connectivity index (χ1v) is 2.49. The third-order valence-corrected chi connectivity index (χ3v) is 0.987. The Balaban J connectivity index is 0.000001000. The Kier molecular flexibility index (Phi) is 4.86. The van der Waals surface area contributed by atoms with Gasteiger partial charge in [0.2, 0.25) is 0 Å². The molecule has 11 heavy (non-hydrogen) atoms. The van der Waals surface area contributed by atoms with Crippen LogP contribution >= 0.6 is 0 Å². The second-order valence-electron chi connectivity index (χ2n) is 1.63. The molecule has 0 amide bonds. The van der Waals surface area contributed by atoms with E-state index in [0.717, 1.165) is 6.07 Å². The Morgan fingerprint density at radius 3 is 2.27 bits per heavy atom. The van der Waals surface area contributed by atoms with Crippen molar-refractivity contribution < 1.29 is 70.5 Å². The molecular formula is C6H3KO4. The van der Waals surface area contributed by atoms with Gasteiger partial charge in [-0.05, 0) is 6.07 Å². The number of furan rings is 1. The molecule has 52 valence electrons. The van der Waals surface area contributed by atoms with Crippen molar-refractivity contribution in [1.82, 2.24) is 0 Å². The van der Waals surface area contributed by atoms with Crippen LogP contribution in [0.15, 0.2) is 10.5 Å². The zero-order chi connectivity index (χ0) is 7.56. The van der Waals surface area contributed by atoms with E-state index in [1.165, 1.54) is 0 Å². The summed E-state index contributed by atoms with van der Waals surface area (Å²) in [5, 5.41) is 10.5. The van der Waals surface area contributed by atoms with Crippen molar-refractivity contribution in [2.24, 2.45) is 0 Å². The van der Waals surface area contributed by atoms with Crippen molar-refractivity contribution in [3.63, 3.8) is 0 Å². The molecule has 0 unspecified atom stereocenters. The molecule has 0 bridgehead atoms. The van der Waals surface area contributed by atoms with E-state index in [9.17, 15) is 14.7 Å². The predicted octanol–water partition coefficient (Wildman–Crippen LogP) is -3.02. The van der Waals surface area contributed by atoms with E-state index in [1.54, 1.807) is 0 Å². The normalized spacial score (nSPS) is 8.36. The summed E-state index contributed by atoms with van der Waals surface area (Å²) in [6.07, 6.45) is 0.716. The molecule has 0 atom stereocenters. The third-order valence-electron chi connectivity index (χ3n) is 0.987. The molecule has 0 saturated carbocycles. The van der Waals surface area contributed by atoms with Crippen LogP contribution in [0.3, 0.4) is 0 Å². The first-order valence-electron chi connectivity index (χ1n) is 2.49. The van der Waals surface area contributed by atoms with E-state index in [0.29, 0.717) is 12.6 Å². The molecule has 0 aliphatic carbocycles. The van der Waals surface area contributed by atoms with Crippen molar-refractivity contribution in [3.8, 4) is 5.95 Å². The van der Waals surface area contributed by atoms with Crippen LogP contribution in [0.5, 0.6) is 5.95 Å². The standard InChI is InChI=1S/C6H4O4.K/c7-2-4-1-5(3-8)10-6(4)9;/h1-3,9H;/q;+1/p-1. The van der Waals surface area contributed by atoms with Crippen LogP contribution in [0, 0.1) is 0 Å². The van der Waals surface area contributed by atoms with Crippen molar-refractivity contribution in [2.45, 2.75) is 0 Å². The molecule has 4 nitrogen and oxygen atoms in total. The number of aldehydes is 2. The fraction of sp³-hybridized carbons (Fsp3) is 0. The zero-order valence-electron chi connectivity index (χ0n) is 5.87. The predicted molar refractivity (Wildman–Crippen MR) is 28.9 cm³/mol. The number of hydrogen-bond donors (Lipinski definition) is 0. The van der Waals surface area contributed by atoms with Crippen LogP contribution in [-0.4, -0.2) is 12.6 Å². The fourth-order valence-corrected chi connectivity index (χ4v) is 0.548. The molecule has 0 saturated heterocycles. The van der Waals surface area contributed by atoms with Gasteiger partial charge in [0.05, 0.1) is 11.7 Å². The largest absolute Gasteiger partial charge is 1.00 e. The Morgan fingerprint density at radius 1 is 1.36 bits per heavy atom. The Hall–Kier alpha value is 0.0564. The third kappa shape index (κ3) is 2.53. The summed E-state index contributed by atoms with van der Waals surface area (Å²) < 4.78 is 4.30. The molecule has 1 aromatic heterocycles. The second kappa shape index (κ2) is 4.84. The summed E-state index contributed by atoms with van der Waals surface area (Å²) in [6, 6.07) is 1.10. The van der Waals surface area contributed by atoms with Gasteiger partial charge in [-0.3, -0.25) is 9.59 Å². The molecule has 0 N–H and O–H groups in total. The van der Waals surface area contributed by atoms with E-state index in [1.807, 2.05) is 0 Å². The topological polar surface area (TPSA) is 70.3 Å². The van der Waals surface area contributed by atoms with Crippen LogP contribution in [0.1, 0.15) is 20.9 Å². The van der Waals surface area contributed by atoms with Crippen molar-refractivity contribution in [2.75, 3.05) is 0 Å². The van der Waals surface area contributed by atoms with Gasteiger partial charge >= 0.3 is 51.4 Å². The van der Waals surface area contributed by atoms with Crippen molar-refractivity contribution >= 4 is 12.6 Å². The summed E-state index contributed by atoms with van der Waals surface area (Å²) in [5.41, 5.74) is -0.123. The van der Waals surface area contributed by atoms with Gasteiger partial charge in [0.1, 0.15) is 0 Å². The van der Waals surface area contributed by atoms with Crippen LogP contribution in [0.25, 0.3) is 0 Å². The number of carbonyl (C=O) groups is 2. The van der Waals surface area contributed by atoms with Gasteiger partial charge in [0.25, 0.3) is 0 Å². The fourth-order valence-electron chi connectivity index (χ4n) is 0.548. The number of hydrogen-bond acceptors (Lipinski definition) is 4. The summed E-state index contributed by atoms with van der Waals surface area (Å²) in [5.74, 6) is -0.885. The molecule has 0 aromatic carbocycles. The van der Waals surface area contributed by atoms with Gasteiger partial charge in [0.15, 0.2) is 12.6 Å². The maximum atomic E-state index is 10.5. The zero-order valence-corrected chi connectivity index (χ0v) is 8.99. The Labute approximate surface area is 105 Å². The summed E-state index contributed by atoms with van der Waals surface area (Å²) in [6.45, 7) is 0. The second-order valence-corrected chi connectivity index (χ2v) is 1.63. The average Bonchev–Trinajstić information content (AvgIpc) is 2.30. The molecule has 0 fully saturated rings. The van der Waals surface area contributed by atoms with Gasteiger partial charge in [-0.2, -0.15) is 0 Å². The summed E-state index contributed by atoms with van der Waals surface area (Å²) >= 11 is 0. The number of rotatable bonds is 2. The van der Waals surface area contributed by atoms with Crippen LogP contribution in [0.2, 0.25) is 0 Å². The van der Waals surface area contributed by atoms with Crippen molar-refractivity contribution in [1.29, 1.82) is 0 Å². The molecular weight excluding hydrogens is 175 g/mol. The Morgan fingerprint density at radius 2 is 2.00 bits per heavy atom. The molecule has 1 heterocycles. The SMILES string of the molecule is O=Cc1cc(C=O)c([O-])o1.[K+].